The highest BCUT2D eigenvalue weighted by atomic mass is 32.1. The average Bonchev–Trinajstić information content (AvgIpc) is 2.85. The van der Waals surface area contributed by atoms with Gasteiger partial charge in [0.1, 0.15) is 0 Å². The van der Waals surface area contributed by atoms with Crippen molar-refractivity contribution in [3.8, 4) is 0 Å². The summed E-state index contributed by atoms with van der Waals surface area (Å²) in [6, 6.07) is 4.23. The third kappa shape index (κ3) is 4.78. The van der Waals surface area contributed by atoms with E-state index in [0.717, 1.165) is 19.5 Å². The van der Waals surface area contributed by atoms with Crippen molar-refractivity contribution in [2.75, 3.05) is 27.2 Å². The van der Waals surface area contributed by atoms with Crippen LogP contribution in [0.1, 0.15) is 18.7 Å². The summed E-state index contributed by atoms with van der Waals surface area (Å²) >= 11 is 1.78. The summed E-state index contributed by atoms with van der Waals surface area (Å²) in [5.41, 5.74) is 0. The Morgan fingerprint density at radius 1 is 1.50 bits per heavy atom. The lowest BCUT2D eigenvalue weighted by Crippen LogP contribution is -2.35. The van der Waals surface area contributed by atoms with E-state index < -0.39 is 0 Å². The Morgan fingerprint density at radius 2 is 2.22 bits per heavy atom. The molecule has 4 heteroatoms. The second-order valence-electron chi connectivity index (χ2n) is 4.97. The van der Waals surface area contributed by atoms with Gasteiger partial charge in [-0.15, -0.1) is 11.3 Å². The van der Waals surface area contributed by atoms with Crippen LogP contribution in [-0.2, 0) is 16.0 Å². The molecule has 1 atom stereocenters. The number of hydrogen-bond acceptors (Lipinski definition) is 4. The van der Waals surface area contributed by atoms with Crippen LogP contribution >= 0.6 is 11.3 Å². The number of esters is 1. The van der Waals surface area contributed by atoms with Gasteiger partial charge in [0.15, 0.2) is 0 Å². The third-order valence-electron chi connectivity index (χ3n) is 3.14. The summed E-state index contributed by atoms with van der Waals surface area (Å²) in [7, 11) is 3.52. The predicted molar refractivity (Wildman–Crippen MR) is 75.9 cm³/mol. The molecule has 3 nitrogen and oxygen atoms in total. The first-order valence-electron chi connectivity index (χ1n) is 6.33. The number of nitrogens with zero attached hydrogens (tertiary/aromatic N) is 1. The molecule has 0 spiro atoms. The maximum atomic E-state index is 11.7. The fourth-order valence-electron chi connectivity index (χ4n) is 1.89. The SMILES string of the molecule is COC(=O)C(CN(C)CCc1cccs1)C(C)C. The largest absolute Gasteiger partial charge is 0.469 e. The molecule has 0 N–H and O–H groups in total. The van der Waals surface area contributed by atoms with Crippen LogP contribution < -0.4 is 0 Å². The number of methoxy groups -OCH3 is 1. The number of carbonyl (C=O) groups is 1. The van der Waals surface area contributed by atoms with E-state index in [2.05, 4.69) is 43.3 Å². The van der Waals surface area contributed by atoms with Crippen molar-refractivity contribution in [3.05, 3.63) is 22.4 Å². The maximum Gasteiger partial charge on any atom is 0.310 e. The predicted octanol–water partition coefficient (Wildman–Crippen LogP) is 2.67. The topological polar surface area (TPSA) is 29.5 Å². The molecule has 102 valence electrons. The summed E-state index contributed by atoms with van der Waals surface area (Å²) in [5.74, 6) is 0.165. The molecule has 0 saturated heterocycles. The highest BCUT2D eigenvalue weighted by molar-refractivity contribution is 7.09. The Hall–Kier alpha value is -0.870. The second kappa shape index (κ2) is 7.54. The zero-order valence-corrected chi connectivity index (χ0v) is 12.5. The molecular weight excluding hydrogens is 246 g/mol. The van der Waals surface area contributed by atoms with Crippen LogP contribution in [0, 0.1) is 11.8 Å². The van der Waals surface area contributed by atoms with Gasteiger partial charge in [-0.2, -0.15) is 0 Å². The van der Waals surface area contributed by atoms with Crippen molar-refractivity contribution in [3.63, 3.8) is 0 Å². The number of likely N-dealkylation sites (N-methyl/N-ethyl adjacent to an activating group) is 1. The Kier molecular flexibility index (Phi) is 6.36. The number of carbonyl (C=O) groups excluding carboxylic acids is 1. The maximum absolute atomic E-state index is 11.7. The molecule has 1 rings (SSSR count). The normalized spacial score (nSPS) is 13.0. The molecule has 1 aromatic heterocycles. The Balaban J connectivity index is 2.41. The summed E-state index contributed by atoms with van der Waals surface area (Å²) < 4.78 is 4.86. The van der Waals surface area contributed by atoms with Crippen LogP contribution in [-0.4, -0.2) is 38.1 Å². The van der Waals surface area contributed by atoms with Gasteiger partial charge in [-0.1, -0.05) is 19.9 Å². The van der Waals surface area contributed by atoms with Crippen LogP contribution in [0.2, 0.25) is 0 Å². The molecule has 1 unspecified atom stereocenters. The minimum atomic E-state index is -0.104. The standard InChI is InChI=1S/C14H23NO2S/c1-11(2)13(14(16)17-4)10-15(3)8-7-12-6-5-9-18-12/h5-6,9,11,13H,7-8,10H2,1-4H3. The molecule has 0 bridgehead atoms. The molecule has 0 amide bonds. The Labute approximate surface area is 114 Å². The van der Waals surface area contributed by atoms with Gasteiger partial charge in [0.2, 0.25) is 0 Å². The van der Waals surface area contributed by atoms with E-state index in [-0.39, 0.29) is 11.9 Å². The summed E-state index contributed by atoms with van der Waals surface area (Å²) in [5, 5.41) is 2.10. The van der Waals surface area contributed by atoms with Crippen LogP contribution in [0.5, 0.6) is 0 Å². The van der Waals surface area contributed by atoms with E-state index in [9.17, 15) is 4.79 Å². The molecule has 0 fully saturated rings. The van der Waals surface area contributed by atoms with Gasteiger partial charge in [0, 0.05) is 18.0 Å². The molecule has 0 aromatic carbocycles. The van der Waals surface area contributed by atoms with Crippen LogP contribution in [0.15, 0.2) is 17.5 Å². The highest BCUT2D eigenvalue weighted by Crippen LogP contribution is 2.15. The summed E-state index contributed by atoms with van der Waals surface area (Å²) in [6.07, 6.45) is 1.04. The molecular formula is C14H23NO2S. The molecule has 1 aromatic rings. The lowest BCUT2D eigenvalue weighted by atomic mass is 9.95. The van der Waals surface area contributed by atoms with Gasteiger partial charge >= 0.3 is 5.97 Å². The number of thiophene rings is 1. The van der Waals surface area contributed by atoms with Crippen molar-refractivity contribution >= 4 is 17.3 Å². The van der Waals surface area contributed by atoms with Gasteiger partial charge in [0.25, 0.3) is 0 Å². The van der Waals surface area contributed by atoms with Crippen LogP contribution in [0.25, 0.3) is 0 Å². The van der Waals surface area contributed by atoms with Gasteiger partial charge in [0.05, 0.1) is 13.0 Å². The van der Waals surface area contributed by atoms with Crippen LogP contribution in [0.3, 0.4) is 0 Å². The van der Waals surface area contributed by atoms with E-state index in [4.69, 9.17) is 4.74 Å². The summed E-state index contributed by atoms with van der Waals surface area (Å²) in [6.45, 7) is 5.86. The molecule has 0 radical (unpaired) electrons. The molecule has 1 heterocycles. The van der Waals surface area contributed by atoms with E-state index in [1.54, 1.807) is 11.3 Å². The van der Waals surface area contributed by atoms with E-state index in [1.807, 2.05) is 0 Å². The minimum absolute atomic E-state index is 0.0386. The second-order valence-corrected chi connectivity index (χ2v) is 6.00. The highest BCUT2D eigenvalue weighted by Gasteiger charge is 2.24. The summed E-state index contributed by atoms with van der Waals surface area (Å²) in [4.78, 5) is 15.3. The van der Waals surface area contributed by atoms with E-state index in [0.29, 0.717) is 5.92 Å². The number of hydrogen-bond donors (Lipinski definition) is 0. The van der Waals surface area contributed by atoms with Crippen molar-refractivity contribution in [1.29, 1.82) is 0 Å². The molecule has 0 saturated carbocycles. The first-order valence-corrected chi connectivity index (χ1v) is 7.21. The van der Waals surface area contributed by atoms with Gasteiger partial charge < -0.3 is 9.64 Å². The fraction of sp³-hybridized carbons (Fsp3) is 0.643. The smallest absolute Gasteiger partial charge is 0.310 e. The van der Waals surface area contributed by atoms with Crippen molar-refractivity contribution < 1.29 is 9.53 Å². The lowest BCUT2D eigenvalue weighted by molar-refractivity contribution is -0.147. The van der Waals surface area contributed by atoms with Crippen molar-refractivity contribution in [1.82, 2.24) is 4.90 Å². The lowest BCUT2D eigenvalue weighted by Gasteiger charge is -2.24. The zero-order chi connectivity index (χ0) is 13.5. The van der Waals surface area contributed by atoms with Crippen molar-refractivity contribution in [2.45, 2.75) is 20.3 Å². The first-order chi connectivity index (χ1) is 8.54. The number of rotatable bonds is 7. The van der Waals surface area contributed by atoms with Crippen LogP contribution in [0.4, 0.5) is 0 Å². The zero-order valence-electron chi connectivity index (χ0n) is 11.7. The first kappa shape index (κ1) is 15.2. The Morgan fingerprint density at radius 3 is 2.72 bits per heavy atom. The third-order valence-corrected chi connectivity index (χ3v) is 4.07. The fourth-order valence-corrected chi connectivity index (χ4v) is 2.59. The minimum Gasteiger partial charge on any atom is -0.469 e. The van der Waals surface area contributed by atoms with Gasteiger partial charge in [-0.3, -0.25) is 4.79 Å². The van der Waals surface area contributed by atoms with E-state index >= 15 is 0 Å². The molecule has 18 heavy (non-hydrogen) atoms. The van der Waals surface area contributed by atoms with Gasteiger partial charge in [-0.25, -0.2) is 0 Å². The Bertz CT molecular complexity index is 349. The quantitative estimate of drug-likeness (QED) is 0.713. The number of ether oxygens (including phenoxy) is 1. The van der Waals surface area contributed by atoms with Crippen molar-refractivity contribution in [2.24, 2.45) is 11.8 Å². The average molecular weight is 269 g/mol. The molecule has 0 aliphatic heterocycles. The molecule has 0 aliphatic carbocycles. The van der Waals surface area contributed by atoms with Gasteiger partial charge in [-0.05, 0) is 30.8 Å². The monoisotopic (exact) mass is 269 g/mol. The van der Waals surface area contributed by atoms with E-state index in [1.165, 1.54) is 12.0 Å². The molecule has 0 aliphatic rings.